The van der Waals surface area contributed by atoms with Gasteiger partial charge in [0.1, 0.15) is 13.0 Å². The molecule has 0 aliphatic rings. The number of carbonyl (C=O) groups is 1. The zero-order valence-electron chi connectivity index (χ0n) is 10.2. The minimum Gasteiger partial charge on any atom is -0.485 e. The number of benzene rings is 1. The van der Waals surface area contributed by atoms with E-state index in [4.69, 9.17) is 10.00 Å². The lowest BCUT2D eigenvalue weighted by Gasteiger charge is -2.10. The molecule has 0 heterocycles. The first-order chi connectivity index (χ1) is 9.08. The molecule has 0 radical (unpaired) electrons. The van der Waals surface area contributed by atoms with Crippen molar-refractivity contribution in [1.29, 1.82) is 5.26 Å². The van der Waals surface area contributed by atoms with Crippen LogP contribution in [0.25, 0.3) is 0 Å². The molecule has 102 valence electrons. The number of nitriles is 1. The third-order valence-corrected chi connectivity index (χ3v) is 2.06. The van der Waals surface area contributed by atoms with E-state index in [0.29, 0.717) is 0 Å². The maximum Gasteiger partial charge on any atom is 0.238 e. The Kier molecular flexibility index (Phi) is 5.70. The third kappa shape index (κ3) is 4.52. The van der Waals surface area contributed by atoms with Crippen molar-refractivity contribution in [1.82, 2.24) is 0 Å². The summed E-state index contributed by atoms with van der Waals surface area (Å²) in [6, 6.07) is 3.46. The zero-order valence-corrected chi connectivity index (χ0v) is 10.2. The maximum atomic E-state index is 13.6. The van der Waals surface area contributed by atoms with E-state index in [1.165, 1.54) is 7.11 Å². The molecule has 0 saturated heterocycles. The van der Waals surface area contributed by atoms with Gasteiger partial charge in [0.2, 0.25) is 5.91 Å². The van der Waals surface area contributed by atoms with Crippen LogP contribution >= 0.6 is 0 Å². The monoisotopic (exact) mass is 270 g/mol. The van der Waals surface area contributed by atoms with E-state index < -0.39 is 29.7 Å². The number of nitrogens with one attached hydrogen (secondary N) is 1. The van der Waals surface area contributed by atoms with Crippen LogP contribution < -0.4 is 10.1 Å². The van der Waals surface area contributed by atoms with Gasteiger partial charge in [-0.25, -0.2) is 8.78 Å². The van der Waals surface area contributed by atoms with Crippen molar-refractivity contribution in [3.05, 3.63) is 23.8 Å². The number of anilines is 1. The van der Waals surface area contributed by atoms with Crippen molar-refractivity contribution >= 4 is 11.6 Å². The third-order valence-electron chi connectivity index (χ3n) is 2.06. The number of methoxy groups -OCH3 is 1. The van der Waals surface area contributed by atoms with Gasteiger partial charge in [-0.05, 0) is 0 Å². The quantitative estimate of drug-likeness (QED) is 0.801. The van der Waals surface area contributed by atoms with Gasteiger partial charge in [-0.2, -0.15) is 5.26 Å². The van der Waals surface area contributed by atoms with Crippen LogP contribution in [0.3, 0.4) is 0 Å². The summed E-state index contributed by atoms with van der Waals surface area (Å²) in [5, 5.41) is 10.5. The minimum absolute atomic E-state index is 0.00444. The number of ether oxygens (including phenoxy) is 2. The molecule has 0 fully saturated rings. The highest BCUT2D eigenvalue weighted by Gasteiger charge is 2.13. The maximum absolute atomic E-state index is 13.6. The predicted molar refractivity (Wildman–Crippen MR) is 62.6 cm³/mol. The van der Waals surface area contributed by atoms with Crippen LogP contribution in [0, 0.1) is 23.0 Å². The number of halogens is 2. The molecule has 5 nitrogen and oxygen atoms in total. The second-order valence-corrected chi connectivity index (χ2v) is 3.49. The molecule has 19 heavy (non-hydrogen) atoms. The predicted octanol–water partition coefficient (Wildman–Crippen LogP) is 1.84. The van der Waals surface area contributed by atoms with Gasteiger partial charge in [0, 0.05) is 24.9 Å². The lowest BCUT2D eigenvalue weighted by Crippen LogP contribution is -2.12. The van der Waals surface area contributed by atoms with E-state index >= 15 is 0 Å². The van der Waals surface area contributed by atoms with Crippen LogP contribution in [0.2, 0.25) is 0 Å². The van der Waals surface area contributed by atoms with Gasteiger partial charge in [-0.1, -0.05) is 0 Å². The van der Waals surface area contributed by atoms with Crippen LogP contribution in [0.1, 0.15) is 6.42 Å². The minimum atomic E-state index is -0.941. The first-order valence-electron chi connectivity index (χ1n) is 5.36. The molecule has 7 heteroatoms. The SMILES string of the molecule is COCCOc1c(F)cc(NC(=O)CC#N)cc1F. The molecule has 1 rings (SSSR count). The summed E-state index contributed by atoms with van der Waals surface area (Å²) < 4.78 is 36.7. The Morgan fingerprint density at radius 1 is 1.37 bits per heavy atom. The van der Waals surface area contributed by atoms with Crippen LogP contribution in [0.15, 0.2) is 12.1 Å². The van der Waals surface area contributed by atoms with Gasteiger partial charge in [0.25, 0.3) is 0 Å². The molecule has 0 aliphatic heterocycles. The molecule has 1 N–H and O–H groups in total. The summed E-state index contributed by atoms with van der Waals surface area (Å²) in [5.74, 6) is -3.06. The molecule has 1 aromatic carbocycles. The van der Waals surface area contributed by atoms with E-state index in [0.717, 1.165) is 12.1 Å². The summed E-state index contributed by atoms with van der Waals surface area (Å²) >= 11 is 0. The summed E-state index contributed by atoms with van der Waals surface area (Å²) in [6.45, 7) is 0.198. The Morgan fingerprint density at radius 3 is 2.53 bits per heavy atom. The smallest absolute Gasteiger partial charge is 0.238 e. The molecule has 0 unspecified atom stereocenters. The average molecular weight is 270 g/mol. The Labute approximate surface area is 108 Å². The zero-order chi connectivity index (χ0) is 14.3. The van der Waals surface area contributed by atoms with Crippen LogP contribution in [0.4, 0.5) is 14.5 Å². The summed E-state index contributed by atoms with van der Waals surface area (Å²) in [4.78, 5) is 11.1. The highest BCUT2D eigenvalue weighted by Crippen LogP contribution is 2.25. The van der Waals surface area contributed by atoms with Crippen LogP contribution in [0.5, 0.6) is 5.75 Å². The molecular formula is C12H12F2N2O3. The molecular weight excluding hydrogens is 258 g/mol. The Balaban J connectivity index is 2.79. The molecule has 0 saturated carbocycles. The lowest BCUT2D eigenvalue weighted by atomic mass is 10.2. The van der Waals surface area contributed by atoms with Gasteiger partial charge in [-0.15, -0.1) is 0 Å². The first-order valence-corrected chi connectivity index (χ1v) is 5.36. The normalized spacial score (nSPS) is 9.79. The average Bonchev–Trinajstić information content (AvgIpc) is 2.33. The van der Waals surface area contributed by atoms with Crippen molar-refractivity contribution in [2.45, 2.75) is 6.42 Å². The summed E-state index contributed by atoms with van der Waals surface area (Å²) in [5.41, 5.74) is -0.0747. The van der Waals surface area contributed by atoms with Gasteiger partial charge in [0.15, 0.2) is 17.4 Å². The van der Waals surface area contributed by atoms with Gasteiger partial charge in [0.05, 0.1) is 12.7 Å². The van der Waals surface area contributed by atoms with E-state index in [1.807, 2.05) is 0 Å². The number of rotatable bonds is 6. The van der Waals surface area contributed by atoms with Crippen molar-refractivity contribution in [3.63, 3.8) is 0 Å². The molecule has 1 aromatic rings. The number of nitrogens with zero attached hydrogens (tertiary/aromatic N) is 1. The van der Waals surface area contributed by atoms with Crippen LogP contribution in [-0.4, -0.2) is 26.2 Å². The molecule has 0 bridgehead atoms. The summed E-state index contributed by atoms with van der Waals surface area (Å²) in [7, 11) is 1.43. The van der Waals surface area contributed by atoms with Crippen LogP contribution in [-0.2, 0) is 9.53 Å². The molecule has 0 aromatic heterocycles. The number of carbonyl (C=O) groups excluding carboxylic acids is 1. The molecule has 0 spiro atoms. The van der Waals surface area contributed by atoms with Gasteiger partial charge < -0.3 is 14.8 Å². The standard InChI is InChI=1S/C12H12F2N2O3/c1-18-4-5-19-12-9(13)6-8(7-10(12)14)16-11(17)2-3-15/h6-7H,2,4-5H2,1H3,(H,16,17). The highest BCUT2D eigenvalue weighted by atomic mass is 19.1. The lowest BCUT2D eigenvalue weighted by molar-refractivity contribution is -0.115. The fraction of sp³-hybridized carbons (Fsp3) is 0.333. The van der Waals surface area contributed by atoms with E-state index in [9.17, 15) is 13.6 Å². The molecule has 1 amide bonds. The number of hydrogen-bond donors (Lipinski definition) is 1. The largest absolute Gasteiger partial charge is 0.485 e. The Hall–Kier alpha value is -2.20. The molecule has 0 aliphatic carbocycles. The fourth-order valence-corrected chi connectivity index (χ4v) is 1.27. The van der Waals surface area contributed by atoms with Crippen molar-refractivity contribution in [2.75, 3.05) is 25.6 Å². The summed E-state index contributed by atoms with van der Waals surface area (Å²) in [6.07, 6.45) is -0.394. The van der Waals surface area contributed by atoms with Gasteiger partial charge >= 0.3 is 0 Å². The van der Waals surface area contributed by atoms with Crippen molar-refractivity contribution in [3.8, 4) is 11.8 Å². The van der Waals surface area contributed by atoms with Crippen molar-refractivity contribution in [2.24, 2.45) is 0 Å². The first kappa shape index (κ1) is 14.9. The molecule has 0 atom stereocenters. The van der Waals surface area contributed by atoms with E-state index in [-0.39, 0.29) is 18.9 Å². The Bertz CT molecular complexity index is 477. The number of hydrogen-bond acceptors (Lipinski definition) is 4. The second kappa shape index (κ2) is 7.28. The number of amides is 1. The van der Waals surface area contributed by atoms with E-state index in [1.54, 1.807) is 6.07 Å². The Morgan fingerprint density at radius 2 is 2.00 bits per heavy atom. The second-order valence-electron chi connectivity index (χ2n) is 3.49. The van der Waals surface area contributed by atoms with E-state index in [2.05, 4.69) is 10.1 Å². The highest BCUT2D eigenvalue weighted by molar-refractivity contribution is 5.92. The van der Waals surface area contributed by atoms with Crippen molar-refractivity contribution < 1.29 is 23.0 Å². The topological polar surface area (TPSA) is 71.3 Å². The fourth-order valence-electron chi connectivity index (χ4n) is 1.27. The van der Waals surface area contributed by atoms with Gasteiger partial charge in [-0.3, -0.25) is 4.79 Å².